The summed E-state index contributed by atoms with van der Waals surface area (Å²) < 4.78 is 7.87. The van der Waals surface area contributed by atoms with Gasteiger partial charge in [0, 0.05) is 20.3 Å². The monoisotopic (exact) mass is 388 g/mol. The van der Waals surface area contributed by atoms with E-state index in [0.717, 1.165) is 43.0 Å². The lowest BCUT2D eigenvalue weighted by Crippen LogP contribution is -2.36. The first-order chi connectivity index (χ1) is 13.0. The highest BCUT2D eigenvalue weighted by molar-refractivity contribution is 7.09. The topological polar surface area (TPSA) is 83.2 Å². The summed E-state index contributed by atoms with van der Waals surface area (Å²) in [7, 11) is 0. The third-order valence-corrected chi connectivity index (χ3v) is 7.45. The SMILES string of the molecule is Cc1nc(N)c(C[n+]2csc(CCOC(=O)C34CCC(CC3)C4)c2C)c[nH+]1. The van der Waals surface area contributed by atoms with Crippen LogP contribution >= 0.6 is 11.3 Å². The Morgan fingerprint density at radius 2 is 2.22 bits per heavy atom. The van der Waals surface area contributed by atoms with Crippen molar-refractivity contribution in [3.8, 4) is 0 Å². The highest BCUT2D eigenvalue weighted by atomic mass is 32.1. The fraction of sp³-hybridized carbons (Fsp3) is 0.600. The van der Waals surface area contributed by atoms with E-state index in [2.05, 4.69) is 27.0 Å². The Hall–Kier alpha value is -2.02. The molecule has 27 heavy (non-hydrogen) atoms. The summed E-state index contributed by atoms with van der Waals surface area (Å²) >= 11 is 1.70. The molecule has 2 fully saturated rings. The van der Waals surface area contributed by atoms with E-state index < -0.39 is 0 Å². The molecule has 4 rings (SSSR count). The molecule has 3 N–H and O–H groups in total. The number of thiazole rings is 1. The number of nitrogen functional groups attached to an aromatic ring is 1. The van der Waals surface area contributed by atoms with Crippen LogP contribution in [-0.4, -0.2) is 17.6 Å². The second kappa shape index (κ2) is 7.19. The van der Waals surface area contributed by atoms with Crippen LogP contribution in [0.3, 0.4) is 0 Å². The normalized spacial score (nSPS) is 23.7. The van der Waals surface area contributed by atoms with Crippen LogP contribution in [0, 0.1) is 25.2 Å². The molecule has 0 unspecified atom stereocenters. The van der Waals surface area contributed by atoms with E-state index in [-0.39, 0.29) is 11.4 Å². The summed E-state index contributed by atoms with van der Waals surface area (Å²) in [6, 6.07) is 0. The number of anilines is 1. The number of hydrogen-bond acceptors (Lipinski definition) is 5. The number of nitrogens with one attached hydrogen (secondary N) is 1. The molecule has 2 bridgehead atoms. The number of aryl methyl sites for hydroxylation is 1. The minimum atomic E-state index is -0.151. The average Bonchev–Trinajstić information content (AvgIpc) is 3.35. The number of fused-ring (bicyclic) bond motifs is 2. The van der Waals surface area contributed by atoms with Crippen LogP contribution in [-0.2, 0) is 22.5 Å². The van der Waals surface area contributed by atoms with E-state index in [1.165, 1.54) is 23.4 Å². The second-order valence-corrected chi connectivity index (χ2v) is 9.01. The van der Waals surface area contributed by atoms with E-state index in [1.54, 1.807) is 11.3 Å². The predicted molar refractivity (Wildman–Crippen MR) is 102 cm³/mol. The number of hydrogen-bond donors (Lipinski definition) is 1. The molecule has 0 aliphatic heterocycles. The largest absolute Gasteiger partial charge is 0.465 e. The van der Waals surface area contributed by atoms with Gasteiger partial charge in [0.15, 0.2) is 12.2 Å². The molecule has 0 aromatic carbocycles. The van der Waals surface area contributed by atoms with E-state index in [0.29, 0.717) is 19.0 Å². The van der Waals surface area contributed by atoms with E-state index in [4.69, 9.17) is 10.5 Å². The molecule has 0 saturated heterocycles. The lowest BCUT2D eigenvalue weighted by molar-refractivity contribution is -0.690. The number of esters is 1. The number of carbonyl (C=O) groups excluding carboxylic acids is 1. The minimum absolute atomic E-state index is 0.0404. The molecular weight excluding hydrogens is 360 g/mol. The maximum Gasteiger partial charge on any atom is 0.312 e. The van der Waals surface area contributed by atoms with Crippen molar-refractivity contribution in [2.45, 2.75) is 58.9 Å². The number of H-pyrrole nitrogens is 1. The Morgan fingerprint density at radius 3 is 2.89 bits per heavy atom. The Morgan fingerprint density at radius 1 is 1.44 bits per heavy atom. The molecule has 2 heterocycles. The van der Waals surface area contributed by atoms with Crippen LogP contribution in [0.5, 0.6) is 0 Å². The first-order valence-electron chi connectivity index (χ1n) is 9.74. The average molecular weight is 389 g/mol. The summed E-state index contributed by atoms with van der Waals surface area (Å²) in [5, 5.41) is 0. The van der Waals surface area contributed by atoms with Gasteiger partial charge in [-0.15, -0.1) is 0 Å². The number of nitrogens with zero attached hydrogens (tertiary/aromatic N) is 2. The van der Waals surface area contributed by atoms with Gasteiger partial charge >= 0.3 is 5.97 Å². The summed E-state index contributed by atoms with van der Waals surface area (Å²) in [4.78, 5) is 21.2. The van der Waals surface area contributed by atoms with Crippen LogP contribution in [0.1, 0.15) is 54.1 Å². The molecule has 7 heteroatoms. The summed E-state index contributed by atoms with van der Waals surface area (Å²) in [5.74, 6) is 2.17. The zero-order valence-electron chi connectivity index (χ0n) is 16.1. The van der Waals surface area contributed by atoms with Crippen LogP contribution in [0.2, 0.25) is 0 Å². The molecule has 2 aliphatic carbocycles. The van der Waals surface area contributed by atoms with Crippen LogP contribution in [0.4, 0.5) is 5.82 Å². The Labute approximate surface area is 163 Å². The lowest BCUT2D eigenvalue weighted by Gasteiger charge is -2.23. The van der Waals surface area contributed by atoms with Crippen LogP contribution < -0.4 is 15.3 Å². The fourth-order valence-corrected chi connectivity index (χ4v) is 5.55. The van der Waals surface area contributed by atoms with E-state index >= 15 is 0 Å². The van der Waals surface area contributed by atoms with Crippen molar-refractivity contribution < 1.29 is 19.1 Å². The maximum absolute atomic E-state index is 12.6. The van der Waals surface area contributed by atoms with Crippen molar-refractivity contribution in [1.29, 1.82) is 0 Å². The molecule has 144 valence electrons. The standard InChI is InChI=1S/C20H27N4O2S/c1-13-17(5-8-26-19(25)20-6-3-15(9-20)4-7-20)27-12-24(13)11-16-10-22-14(2)23-18(16)21/h10,12,15H,3-9,11H2,1-2H3,(H2,21,22,23)/q+1/p+1. The van der Waals surface area contributed by atoms with Gasteiger partial charge in [-0.3, -0.25) is 4.79 Å². The zero-order chi connectivity index (χ0) is 19.0. The number of carbonyl (C=O) groups is 1. The number of nitrogens with two attached hydrogens (primary N) is 1. The van der Waals surface area contributed by atoms with Crippen LogP contribution in [0.15, 0.2) is 11.7 Å². The molecule has 0 amide bonds. The number of aromatic nitrogens is 3. The minimum Gasteiger partial charge on any atom is -0.465 e. The van der Waals surface area contributed by atoms with Crippen molar-refractivity contribution in [3.05, 3.63) is 33.7 Å². The van der Waals surface area contributed by atoms with Gasteiger partial charge in [0.2, 0.25) is 5.51 Å². The van der Waals surface area contributed by atoms with Gasteiger partial charge in [-0.1, -0.05) is 11.3 Å². The van der Waals surface area contributed by atoms with E-state index in [1.807, 2.05) is 13.1 Å². The molecule has 0 radical (unpaired) electrons. The summed E-state index contributed by atoms with van der Waals surface area (Å²) in [6.07, 6.45) is 8.19. The van der Waals surface area contributed by atoms with Crippen molar-refractivity contribution in [2.24, 2.45) is 11.3 Å². The highest BCUT2D eigenvalue weighted by Gasteiger charge is 2.51. The molecule has 6 nitrogen and oxygen atoms in total. The van der Waals surface area contributed by atoms with Crippen molar-refractivity contribution in [2.75, 3.05) is 12.3 Å². The quantitative estimate of drug-likeness (QED) is 0.607. The van der Waals surface area contributed by atoms with Crippen molar-refractivity contribution in [1.82, 2.24) is 4.98 Å². The second-order valence-electron chi connectivity index (χ2n) is 8.07. The summed E-state index contributed by atoms with van der Waals surface area (Å²) in [6.45, 7) is 5.14. The molecule has 2 aromatic heterocycles. The molecule has 2 aromatic rings. The van der Waals surface area contributed by atoms with Gasteiger partial charge in [-0.25, -0.2) is 4.98 Å². The third kappa shape index (κ3) is 3.57. The molecule has 2 aliphatic rings. The van der Waals surface area contributed by atoms with Crippen molar-refractivity contribution >= 4 is 23.1 Å². The number of aromatic amines is 1. The first kappa shape index (κ1) is 18.3. The van der Waals surface area contributed by atoms with Gasteiger partial charge in [0.25, 0.3) is 11.6 Å². The summed E-state index contributed by atoms with van der Waals surface area (Å²) in [5.41, 5.74) is 10.1. The van der Waals surface area contributed by atoms with Gasteiger partial charge < -0.3 is 10.5 Å². The van der Waals surface area contributed by atoms with Gasteiger partial charge in [-0.2, -0.15) is 4.57 Å². The van der Waals surface area contributed by atoms with Gasteiger partial charge in [0.1, 0.15) is 11.8 Å². The Kier molecular flexibility index (Phi) is 4.88. The predicted octanol–water partition coefficient (Wildman–Crippen LogP) is 2.16. The number of ether oxygens (including phenoxy) is 1. The Bertz CT molecular complexity index is 856. The Balaban J connectivity index is 1.34. The molecule has 2 saturated carbocycles. The molecule has 0 spiro atoms. The maximum atomic E-state index is 12.6. The zero-order valence-corrected chi connectivity index (χ0v) is 16.9. The van der Waals surface area contributed by atoms with E-state index in [9.17, 15) is 4.79 Å². The highest BCUT2D eigenvalue weighted by Crippen LogP contribution is 2.54. The smallest absolute Gasteiger partial charge is 0.312 e. The third-order valence-electron chi connectivity index (χ3n) is 6.31. The first-order valence-corrected chi connectivity index (χ1v) is 10.6. The lowest BCUT2D eigenvalue weighted by atomic mass is 9.84. The molecule has 0 atom stereocenters. The van der Waals surface area contributed by atoms with Crippen molar-refractivity contribution in [3.63, 3.8) is 0 Å². The van der Waals surface area contributed by atoms with Gasteiger partial charge in [-0.05, 0) is 43.0 Å². The fourth-order valence-electron chi connectivity index (χ4n) is 4.58. The van der Waals surface area contributed by atoms with Crippen LogP contribution in [0.25, 0.3) is 0 Å². The number of rotatable bonds is 6. The molecular formula is C20H28N4O2S+2. The van der Waals surface area contributed by atoms with Gasteiger partial charge in [0.05, 0.1) is 16.9 Å².